The van der Waals surface area contributed by atoms with E-state index in [0.29, 0.717) is 28.9 Å². The minimum atomic E-state index is -4.46. The summed E-state index contributed by atoms with van der Waals surface area (Å²) >= 11 is 0. The molecule has 0 fully saturated rings. The number of nitrogens with two attached hydrogens (primary N) is 1. The molecule has 1 atom stereocenters. The van der Waals surface area contributed by atoms with Crippen molar-refractivity contribution in [1.82, 2.24) is 4.98 Å². The molecule has 2 aromatic rings. The van der Waals surface area contributed by atoms with Crippen LogP contribution >= 0.6 is 0 Å². The van der Waals surface area contributed by atoms with Crippen LogP contribution in [0.1, 0.15) is 35.7 Å². The lowest BCUT2D eigenvalue weighted by atomic mass is 10.0. The zero-order valence-electron chi connectivity index (χ0n) is 14.0. The first-order valence-corrected chi connectivity index (χ1v) is 8.11. The van der Waals surface area contributed by atoms with Crippen LogP contribution in [0.3, 0.4) is 0 Å². The number of aromatic nitrogens is 1. The van der Waals surface area contributed by atoms with Gasteiger partial charge in [0.15, 0.2) is 5.78 Å². The van der Waals surface area contributed by atoms with Crippen molar-refractivity contribution in [2.75, 3.05) is 5.32 Å². The highest BCUT2D eigenvalue weighted by atomic mass is 19.4. The normalized spacial score (nSPS) is 15.6. The molecule has 3 rings (SSSR count). The molecule has 0 bridgehead atoms. The van der Waals surface area contributed by atoms with Crippen LogP contribution in [0.4, 0.5) is 18.9 Å². The quantitative estimate of drug-likeness (QED) is 0.854. The van der Waals surface area contributed by atoms with Gasteiger partial charge >= 0.3 is 6.18 Å². The van der Waals surface area contributed by atoms with Crippen LogP contribution in [0.5, 0.6) is 0 Å². The molecule has 0 saturated carbocycles. The van der Waals surface area contributed by atoms with Crippen molar-refractivity contribution in [2.24, 2.45) is 5.73 Å². The fourth-order valence-corrected chi connectivity index (χ4v) is 2.92. The van der Waals surface area contributed by atoms with E-state index in [1.165, 1.54) is 18.3 Å². The fraction of sp³-hybridized carbons (Fsp3) is 0.211. The molecule has 0 aliphatic heterocycles. The molecule has 0 saturated heterocycles. The number of ketones is 1. The number of carbonyl (C=O) groups excluding carboxylic acids is 1. The summed E-state index contributed by atoms with van der Waals surface area (Å²) in [5, 5.41) is 11.7. The minimum absolute atomic E-state index is 0.178. The fourth-order valence-electron chi connectivity index (χ4n) is 2.92. The molecule has 27 heavy (non-hydrogen) atoms. The summed E-state index contributed by atoms with van der Waals surface area (Å²) in [6.45, 7) is 0. The Morgan fingerprint density at radius 3 is 2.63 bits per heavy atom. The van der Waals surface area contributed by atoms with E-state index >= 15 is 0 Å². The van der Waals surface area contributed by atoms with Crippen molar-refractivity contribution < 1.29 is 18.0 Å². The largest absolute Gasteiger partial charge is 0.416 e. The van der Waals surface area contributed by atoms with Crippen LogP contribution in [0.15, 0.2) is 53.9 Å². The van der Waals surface area contributed by atoms with Gasteiger partial charge in [-0.2, -0.15) is 18.4 Å². The Labute approximate surface area is 153 Å². The monoisotopic (exact) mass is 372 g/mol. The Hall–Kier alpha value is -3.18. The van der Waals surface area contributed by atoms with Crippen molar-refractivity contribution in [3.05, 3.63) is 70.7 Å². The Morgan fingerprint density at radius 2 is 2.00 bits per heavy atom. The maximum atomic E-state index is 12.9. The van der Waals surface area contributed by atoms with Gasteiger partial charge in [0, 0.05) is 29.6 Å². The van der Waals surface area contributed by atoms with Crippen LogP contribution in [0.25, 0.3) is 0 Å². The molecule has 1 aliphatic rings. The molecule has 0 amide bonds. The number of Topliss-reactive ketones (excluding diaryl/α,β-unsaturated/α-hetero) is 1. The highest BCUT2D eigenvalue weighted by Crippen LogP contribution is 2.34. The lowest BCUT2D eigenvalue weighted by Gasteiger charge is -2.16. The second-order valence-electron chi connectivity index (χ2n) is 6.08. The van der Waals surface area contributed by atoms with E-state index in [1.54, 1.807) is 12.1 Å². The number of hydrogen-bond acceptors (Lipinski definition) is 5. The summed E-state index contributed by atoms with van der Waals surface area (Å²) in [6.07, 6.45) is -2.52. The van der Waals surface area contributed by atoms with Crippen LogP contribution in [-0.2, 0) is 11.0 Å². The Bertz CT molecular complexity index is 943. The molecular weight excluding hydrogens is 357 g/mol. The summed E-state index contributed by atoms with van der Waals surface area (Å²) < 4.78 is 38.7. The highest BCUT2D eigenvalue weighted by Gasteiger charge is 2.32. The van der Waals surface area contributed by atoms with Crippen molar-refractivity contribution >= 4 is 11.5 Å². The topological polar surface area (TPSA) is 91.8 Å². The van der Waals surface area contributed by atoms with E-state index in [-0.39, 0.29) is 17.9 Å². The van der Waals surface area contributed by atoms with E-state index in [0.717, 1.165) is 12.1 Å². The molecule has 3 N–H and O–H groups in total. The van der Waals surface area contributed by atoms with Crippen LogP contribution in [0, 0.1) is 11.3 Å². The summed E-state index contributed by atoms with van der Waals surface area (Å²) in [6, 6.07) is 8.97. The third-order valence-electron chi connectivity index (χ3n) is 4.26. The van der Waals surface area contributed by atoms with Gasteiger partial charge in [-0.05, 0) is 36.8 Å². The number of nitrogens with zero attached hydrogens (tertiary/aromatic N) is 2. The molecular formula is C19H15F3N4O. The molecule has 1 unspecified atom stereocenters. The van der Waals surface area contributed by atoms with Crippen molar-refractivity contribution in [2.45, 2.75) is 25.1 Å². The smallest absolute Gasteiger partial charge is 0.358 e. The number of alkyl halides is 3. The first-order valence-electron chi connectivity index (χ1n) is 8.11. The van der Waals surface area contributed by atoms with Crippen LogP contribution < -0.4 is 11.1 Å². The van der Waals surface area contributed by atoms with Gasteiger partial charge in [0.05, 0.1) is 22.9 Å². The molecule has 138 valence electrons. The second kappa shape index (κ2) is 7.21. The number of halogens is 3. The molecule has 5 nitrogen and oxygen atoms in total. The van der Waals surface area contributed by atoms with Crippen molar-refractivity contribution in [3.63, 3.8) is 0 Å². The van der Waals surface area contributed by atoms with Crippen LogP contribution in [-0.4, -0.2) is 10.8 Å². The van der Waals surface area contributed by atoms with E-state index in [2.05, 4.69) is 10.3 Å². The Balaban J connectivity index is 1.91. The number of pyridine rings is 1. The molecule has 1 aromatic heterocycles. The van der Waals surface area contributed by atoms with Gasteiger partial charge in [-0.25, -0.2) is 0 Å². The number of allylic oxidation sites excluding steroid dienone is 1. The van der Waals surface area contributed by atoms with E-state index in [9.17, 15) is 18.0 Å². The van der Waals surface area contributed by atoms with Crippen LogP contribution in [0.2, 0.25) is 0 Å². The predicted molar refractivity (Wildman–Crippen MR) is 92.2 cm³/mol. The number of carbonyl (C=O) groups is 1. The maximum absolute atomic E-state index is 12.9. The molecule has 8 heteroatoms. The molecule has 1 aromatic carbocycles. The molecule has 0 spiro atoms. The number of hydrogen-bond donors (Lipinski definition) is 2. The first-order chi connectivity index (χ1) is 12.8. The Kier molecular flexibility index (Phi) is 4.97. The van der Waals surface area contributed by atoms with Crippen molar-refractivity contribution in [1.29, 1.82) is 5.26 Å². The average Bonchev–Trinajstić information content (AvgIpc) is 3.01. The number of rotatable bonds is 4. The standard InChI is InChI=1S/C19H15F3N4O/c20-19(21,22)12-2-1-3-13(8-12)26-14-6-7-16(27)17(14)18(24)15-5-4-11(9-23)10-25-15/h1-5,8,10,18,26H,6-7,24H2. The minimum Gasteiger partial charge on any atom is -0.358 e. The average molecular weight is 372 g/mol. The molecule has 1 heterocycles. The van der Waals surface area contributed by atoms with Gasteiger partial charge < -0.3 is 11.1 Å². The number of benzene rings is 1. The lowest BCUT2D eigenvalue weighted by Crippen LogP contribution is -2.20. The first kappa shape index (κ1) is 18.6. The van der Waals surface area contributed by atoms with E-state index in [1.807, 2.05) is 6.07 Å². The van der Waals surface area contributed by atoms with Gasteiger partial charge in [0.2, 0.25) is 0 Å². The van der Waals surface area contributed by atoms with Gasteiger partial charge in [-0.3, -0.25) is 9.78 Å². The number of anilines is 1. The third-order valence-corrected chi connectivity index (χ3v) is 4.26. The molecule has 1 aliphatic carbocycles. The summed E-state index contributed by atoms with van der Waals surface area (Å²) in [5.41, 5.74) is 7.18. The summed E-state index contributed by atoms with van der Waals surface area (Å²) in [7, 11) is 0. The summed E-state index contributed by atoms with van der Waals surface area (Å²) in [5.74, 6) is -0.178. The second-order valence-corrected chi connectivity index (χ2v) is 6.08. The SMILES string of the molecule is N#Cc1ccc(C(N)C2=C(Nc3cccc(C(F)(F)F)c3)CCC2=O)nc1. The maximum Gasteiger partial charge on any atom is 0.416 e. The van der Waals surface area contributed by atoms with E-state index < -0.39 is 17.8 Å². The molecule has 0 radical (unpaired) electrons. The summed E-state index contributed by atoms with van der Waals surface area (Å²) in [4.78, 5) is 16.4. The van der Waals surface area contributed by atoms with Gasteiger partial charge in [0.25, 0.3) is 0 Å². The predicted octanol–water partition coefficient (Wildman–Crippen LogP) is 3.70. The Morgan fingerprint density at radius 1 is 1.22 bits per heavy atom. The van der Waals surface area contributed by atoms with Gasteiger partial charge in [0.1, 0.15) is 6.07 Å². The number of nitriles is 1. The number of nitrogens with one attached hydrogen (secondary N) is 1. The zero-order valence-corrected chi connectivity index (χ0v) is 14.0. The van der Waals surface area contributed by atoms with E-state index in [4.69, 9.17) is 11.0 Å². The van der Waals surface area contributed by atoms with Gasteiger partial charge in [-0.15, -0.1) is 0 Å². The van der Waals surface area contributed by atoms with Crippen molar-refractivity contribution in [3.8, 4) is 6.07 Å². The lowest BCUT2D eigenvalue weighted by molar-refractivity contribution is -0.137. The van der Waals surface area contributed by atoms with Gasteiger partial charge in [-0.1, -0.05) is 6.07 Å². The highest BCUT2D eigenvalue weighted by molar-refractivity contribution is 6.00. The zero-order chi connectivity index (χ0) is 19.6. The third kappa shape index (κ3) is 3.99.